The first-order valence-electron chi connectivity index (χ1n) is 3.27. The normalized spacial score (nSPS) is 10.5. The molecule has 0 aliphatic heterocycles. The van der Waals surface area contributed by atoms with Gasteiger partial charge in [0, 0.05) is 5.57 Å². The number of carbonyl (C=O) groups excluding carboxylic acids is 1. The highest BCUT2D eigenvalue weighted by molar-refractivity contribution is 5.88. The Hall–Kier alpha value is -1.31. The Balaban J connectivity index is 4.32. The molecule has 0 aliphatic carbocycles. The Morgan fingerprint density at radius 2 is 2.18 bits per heavy atom. The van der Waals surface area contributed by atoms with Crippen LogP contribution >= 0.6 is 0 Å². The second-order valence-corrected chi connectivity index (χ2v) is 1.91. The zero-order valence-corrected chi connectivity index (χ0v) is 6.67. The summed E-state index contributed by atoms with van der Waals surface area (Å²) in [4.78, 5) is 10.9. The molecule has 0 heterocycles. The fourth-order valence-corrected chi connectivity index (χ4v) is 0.648. The van der Waals surface area contributed by atoms with Crippen LogP contribution in [0.5, 0.6) is 0 Å². The Bertz CT molecular complexity index is 190. The summed E-state index contributed by atoms with van der Waals surface area (Å²) in [5.41, 5.74) is 0.567. The van der Waals surface area contributed by atoms with Crippen LogP contribution in [0.2, 0.25) is 0 Å². The molecule has 0 aliphatic rings. The molecule has 60 valence electrons. The largest absolute Gasteiger partial charge is 0.466 e. The molecule has 0 atom stereocenters. The van der Waals surface area contributed by atoms with Gasteiger partial charge in [0.2, 0.25) is 0 Å². The predicted octanol–water partition coefficient (Wildman–Crippen LogP) is 1.85. The van der Waals surface area contributed by atoms with Gasteiger partial charge in [0.25, 0.3) is 0 Å². The van der Waals surface area contributed by atoms with Crippen LogP contribution in [0.4, 0.5) is 0 Å². The quantitative estimate of drug-likeness (QED) is 0.266. The van der Waals surface area contributed by atoms with Gasteiger partial charge in [-0.1, -0.05) is 24.8 Å². The van der Waals surface area contributed by atoms with Crippen molar-refractivity contribution in [1.82, 2.24) is 0 Å². The highest BCUT2D eigenvalue weighted by Crippen LogP contribution is 2.03. The van der Waals surface area contributed by atoms with Crippen molar-refractivity contribution in [3.8, 4) is 0 Å². The van der Waals surface area contributed by atoms with Gasteiger partial charge in [0.05, 0.1) is 7.11 Å². The third-order valence-corrected chi connectivity index (χ3v) is 1.13. The first kappa shape index (κ1) is 9.69. The van der Waals surface area contributed by atoms with E-state index in [2.05, 4.69) is 17.9 Å². The molecule has 0 unspecified atom stereocenters. The molecule has 0 saturated carbocycles. The number of ether oxygens (including phenoxy) is 1. The number of esters is 1. The number of hydrogen-bond acceptors (Lipinski definition) is 2. The summed E-state index contributed by atoms with van der Waals surface area (Å²) in [5.74, 6) is -0.329. The molecule has 0 bridgehead atoms. The van der Waals surface area contributed by atoms with E-state index in [0.717, 1.165) is 0 Å². The molecule has 0 aromatic heterocycles. The number of hydrogen-bond donors (Lipinski definition) is 0. The fourth-order valence-electron chi connectivity index (χ4n) is 0.648. The molecule has 2 heteroatoms. The lowest BCUT2D eigenvalue weighted by Gasteiger charge is -1.99. The third-order valence-electron chi connectivity index (χ3n) is 1.13. The molecule has 2 nitrogen and oxygen atoms in total. The summed E-state index contributed by atoms with van der Waals surface area (Å²) in [6.45, 7) is 7.00. The lowest BCUT2D eigenvalue weighted by Crippen LogP contribution is -2.03. The maximum atomic E-state index is 10.9. The first-order valence-corrected chi connectivity index (χ1v) is 3.27. The minimum Gasteiger partial charge on any atom is -0.466 e. The van der Waals surface area contributed by atoms with Gasteiger partial charge < -0.3 is 4.74 Å². The van der Waals surface area contributed by atoms with Gasteiger partial charge in [0.1, 0.15) is 0 Å². The Kier molecular flexibility index (Phi) is 4.82. The summed E-state index contributed by atoms with van der Waals surface area (Å²) in [6, 6.07) is 0. The summed E-state index contributed by atoms with van der Waals surface area (Å²) in [6.07, 6.45) is 5.33. The Morgan fingerprint density at radius 3 is 2.55 bits per heavy atom. The van der Waals surface area contributed by atoms with Crippen molar-refractivity contribution in [2.75, 3.05) is 7.11 Å². The zero-order valence-electron chi connectivity index (χ0n) is 6.67. The van der Waals surface area contributed by atoms with E-state index in [-0.39, 0.29) is 5.97 Å². The minimum atomic E-state index is -0.329. The van der Waals surface area contributed by atoms with Crippen LogP contribution in [0.3, 0.4) is 0 Å². The van der Waals surface area contributed by atoms with Gasteiger partial charge in [-0.2, -0.15) is 0 Å². The van der Waals surface area contributed by atoms with E-state index in [1.54, 1.807) is 18.2 Å². The number of allylic oxidation sites excluding steroid dienone is 3. The van der Waals surface area contributed by atoms with Crippen molar-refractivity contribution in [3.05, 3.63) is 37.0 Å². The number of rotatable bonds is 4. The van der Waals surface area contributed by atoms with Crippen molar-refractivity contribution in [2.45, 2.75) is 6.42 Å². The third kappa shape index (κ3) is 3.40. The maximum absolute atomic E-state index is 10.9. The van der Waals surface area contributed by atoms with Gasteiger partial charge in [-0.25, -0.2) is 4.79 Å². The number of carbonyl (C=O) groups is 1. The van der Waals surface area contributed by atoms with Crippen LogP contribution in [0.15, 0.2) is 37.0 Å². The molecule has 0 fully saturated rings. The average molecular weight is 152 g/mol. The van der Waals surface area contributed by atoms with Crippen molar-refractivity contribution >= 4 is 5.97 Å². The molecule has 0 amide bonds. The van der Waals surface area contributed by atoms with Crippen LogP contribution < -0.4 is 0 Å². The van der Waals surface area contributed by atoms with Crippen LogP contribution in [0.1, 0.15) is 6.42 Å². The van der Waals surface area contributed by atoms with Crippen molar-refractivity contribution in [3.63, 3.8) is 0 Å². The van der Waals surface area contributed by atoms with E-state index in [1.807, 2.05) is 0 Å². The molecule has 0 spiro atoms. The minimum absolute atomic E-state index is 0.329. The van der Waals surface area contributed by atoms with Gasteiger partial charge in [-0.05, 0) is 6.42 Å². The monoisotopic (exact) mass is 152 g/mol. The molecule has 0 saturated heterocycles. The van der Waals surface area contributed by atoms with Crippen molar-refractivity contribution in [1.29, 1.82) is 0 Å². The maximum Gasteiger partial charge on any atom is 0.334 e. The molecular formula is C9H12O2. The van der Waals surface area contributed by atoms with E-state index < -0.39 is 0 Å². The van der Waals surface area contributed by atoms with Crippen LogP contribution in [0.25, 0.3) is 0 Å². The van der Waals surface area contributed by atoms with Gasteiger partial charge in [0.15, 0.2) is 0 Å². The molecule has 0 radical (unpaired) electrons. The van der Waals surface area contributed by atoms with Crippen LogP contribution in [-0.4, -0.2) is 13.1 Å². The summed E-state index contributed by atoms with van der Waals surface area (Å²) < 4.78 is 4.51. The fraction of sp³-hybridized carbons (Fsp3) is 0.222. The zero-order chi connectivity index (χ0) is 8.69. The van der Waals surface area contributed by atoms with E-state index in [4.69, 9.17) is 0 Å². The van der Waals surface area contributed by atoms with E-state index in [9.17, 15) is 4.79 Å². The lowest BCUT2D eigenvalue weighted by molar-refractivity contribution is -0.136. The smallest absolute Gasteiger partial charge is 0.334 e. The average Bonchev–Trinajstić information content (AvgIpc) is 2.03. The Labute approximate surface area is 66.9 Å². The Morgan fingerprint density at radius 1 is 1.55 bits per heavy atom. The molecule has 0 aromatic carbocycles. The summed E-state index contributed by atoms with van der Waals surface area (Å²) in [7, 11) is 1.35. The van der Waals surface area contributed by atoms with Gasteiger partial charge in [-0.3, -0.25) is 0 Å². The van der Waals surface area contributed by atoms with Crippen molar-refractivity contribution < 1.29 is 9.53 Å². The van der Waals surface area contributed by atoms with E-state index >= 15 is 0 Å². The topological polar surface area (TPSA) is 26.3 Å². The summed E-state index contributed by atoms with van der Waals surface area (Å²) in [5, 5.41) is 0. The van der Waals surface area contributed by atoms with Gasteiger partial charge in [-0.15, -0.1) is 6.58 Å². The first-order chi connectivity index (χ1) is 5.26. The molecular weight excluding hydrogens is 140 g/mol. The van der Waals surface area contributed by atoms with Crippen molar-refractivity contribution in [2.24, 2.45) is 0 Å². The standard InChI is InChI=1S/C9H12O2/c1-4-6-8(7-5-2)9(10)11-3/h4-6H,1-2,7H2,3H3/b8-6+. The van der Waals surface area contributed by atoms with Crippen LogP contribution in [-0.2, 0) is 9.53 Å². The van der Waals surface area contributed by atoms with E-state index in [0.29, 0.717) is 12.0 Å². The van der Waals surface area contributed by atoms with Crippen LogP contribution in [0, 0.1) is 0 Å². The second kappa shape index (κ2) is 5.47. The summed E-state index contributed by atoms with van der Waals surface area (Å²) >= 11 is 0. The highest BCUT2D eigenvalue weighted by atomic mass is 16.5. The van der Waals surface area contributed by atoms with E-state index in [1.165, 1.54) is 7.11 Å². The molecule has 0 N–H and O–H groups in total. The number of methoxy groups -OCH3 is 1. The molecule has 0 aromatic rings. The molecule has 0 rings (SSSR count). The SMILES string of the molecule is C=C/C=C(\CC=C)C(=O)OC. The highest BCUT2D eigenvalue weighted by Gasteiger charge is 2.04. The molecule has 11 heavy (non-hydrogen) atoms. The second-order valence-electron chi connectivity index (χ2n) is 1.91. The predicted molar refractivity (Wildman–Crippen MR) is 45.1 cm³/mol. The van der Waals surface area contributed by atoms with Gasteiger partial charge >= 0.3 is 5.97 Å². The lowest BCUT2D eigenvalue weighted by atomic mass is 10.2.